The largest absolute Gasteiger partial charge is 0.480 e. The average molecular weight is 200 g/mol. The number of carboxylic acid groups (broad SMARTS) is 2. The molecule has 2 heterocycles. The fourth-order valence-corrected chi connectivity index (χ4v) is 2.38. The molecule has 5 heteroatoms. The molecular weight excluding hydrogens is 188 g/mol. The summed E-state index contributed by atoms with van der Waals surface area (Å²) in [7, 11) is 0. The lowest BCUT2D eigenvalue weighted by atomic mass is 9.77. The molecule has 2 unspecified atom stereocenters. The molecule has 2 bridgehead atoms. The van der Waals surface area contributed by atoms with Gasteiger partial charge in [0.2, 0.25) is 0 Å². The highest BCUT2D eigenvalue weighted by Crippen LogP contribution is 2.44. The highest BCUT2D eigenvalue weighted by Gasteiger charge is 2.55. The lowest BCUT2D eigenvalue weighted by Gasteiger charge is -2.33. The molecule has 2 N–H and O–H groups in total. The smallest absolute Gasteiger partial charge is 0.321 e. The summed E-state index contributed by atoms with van der Waals surface area (Å²) in [4.78, 5) is 22.0. The molecule has 2 aliphatic rings. The minimum atomic E-state index is -1.61. The van der Waals surface area contributed by atoms with Crippen molar-refractivity contribution < 1.29 is 24.5 Å². The maximum absolute atomic E-state index is 11.0. The molecule has 0 amide bonds. The number of hydrogen-bond donors (Lipinski definition) is 2. The summed E-state index contributed by atoms with van der Waals surface area (Å²) in [5.74, 6) is -2.46. The molecule has 0 aromatic carbocycles. The van der Waals surface area contributed by atoms with E-state index in [0.717, 1.165) is 12.8 Å². The molecule has 2 saturated heterocycles. The van der Waals surface area contributed by atoms with E-state index in [2.05, 4.69) is 0 Å². The lowest BCUT2D eigenvalue weighted by molar-refractivity contribution is -0.177. The van der Waals surface area contributed by atoms with Crippen LogP contribution in [-0.4, -0.2) is 34.4 Å². The summed E-state index contributed by atoms with van der Waals surface area (Å²) in [6.45, 7) is 0. The van der Waals surface area contributed by atoms with Crippen LogP contribution in [0, 0.1) is 5.41 Å². The van der Waals surface area contributed by atoms with Crippen LogP contribution in [0.1, 0.15) is 25.7 Å². The molecule has 14 heavy (non-hydrogen) atoms. The normalized spacial score (nSPS) is 34.0. The zero-order valence-corrected chi connectivity index (χ0v) is 7.60. The molecule has 0 radical (unpaired) electrons. The standard InChI is InChI=1S/C9H12O5/c10-7(11)9(8(12)13)3-5-1-2-6(4-9)14-5/h5-6H,1-4H2,(H,10,11)(H,12,13). The Kier molecular flexibility index (Phi) is 1.99. The summed E-state index contributed by atoms with van der Waals surface area (Å²) in [5.41, 5.74) is -1.61. The van der Waals surface area contributed by atoms with Crippen LogP contribution in [0.4, 0.5) is 0 Å². The number of ether oxygens (including phenoxy) is 1. The number of aliphatic carboxylic acids is 2. The van der Waals surface area contributed by atoms with Crippen molar-refractivity contribution in [1.29, 1.82) is 0 Å². The van der Waals surface area contributed by atoms with Gasteiger partial charge < -0.3 is 14.9 Å². The first-order valence-electron chi connectivity index (χ1n) is 4.67. The van der Waals surface area contributed by atoms with E-state index in [9.17, 15) is 9.59 Å². The molecule has 2 fully saturated rings. The Morgan fingerprint density at radius 3 is 1.86 bits per heavy atom. The van der Waals surface area contributed by atoms with E-state index >= 15 is 0 Å². The van der Waals surface area contributed by atoms with E-state index in [1.54, 1.807) is 0 Å². The van der Waals surface area contributed by atoms with E-state index in [4.69, 9.17) is 14.9 Å². The van der Waals surface area contributed by atoms with E-state index in [1.807, 2.05) is 0 Å². The zero-order chi connectivity index (χ0) is 10.3. The van der Waals surface area contributed by atoms with Crippen molar-refractivity contribution in [2.75, 3.05) is 0 Å². The molecule has 78 valence electrons. The third-order valence-electron chi connectivity index (χ3n) is 3.17. The van der Waals surface area contributed by atoms with Gasteiger partial charge in [0.05, 0.1) is 12.2 Å². The summed E-state index contributed by atoms with van der Waals surface area (Å²) >= 11 is 0. The fourth-order valence-electron chi connectivity index (χ4n) is 2.38. The van der Waals surface area contributed by atoms with Crippen LogP contribution in [0.3, 0.4) is 0 Å². The van der Waals surface area contributed by atoms with E-state index in [0.29, 0.717) is 0 Å². The highest BCUT2D eigenvalue weighted by atomic mass is 16.5. The molecule has 0 saturated carbocycles. The van der Waals surface area contributed by atoms with Gasteiger partial charge in [-0.05, 0) is 12.8 Å². The van der Waals surface area contributed by atoms with Crippen LogP contribution in [0.5, 0.6) is 0 Å². The lowest BCUT2D eigenvalue weighted by Crippen LogP contribution is -2.47. The van der Waals surface area contributed by atoms with E-state index < -0.39 is 17.4 Å². The SMILES string of the molecule is O=C(O)C1(C(=O)O)CC2CCC(C1)O2. The Hall–Kier alpha value is -1.10. The van der Waals surface area contributed by atoms with Crippen LogP contribution in [0.2, 0.25) is 0 Å². The summed E-state index contributed by atoms with van der Waals surface area (Å²) in [5, 5.41) is 18.0. The molecule has 2 atom stereocenters. The van der Waals surface area contributed by atoms with Gasteiger partial charge in [0.25, 0.3) is 0 Å². The molecule has 5 nitrogen and oxygen atoms in total. The summed E-state index contributed by atoms with van der Waals surface area (Å²) < 4.78 is 5.43. The molecule has 0 aromatic rings. The average Bonchev–Trinajstić information content (AvgIpc) is 2.44. The molecule has 2 aliphatic heterocycles. The molecule has 0 aromatic heterocycles. The van der Waals surface area contributed by atoms with Gasteiger partial charge in [-0.25, -0.2) is 0 Å². The van der Waals surface area contributed by atoms with Gasteiger partial charge in [-0.1, -0.05) is 0 Å². The van der Waals surface area contributed by atoms with Crippen LogP contribution < -0.4 is 0 Å². The zero-order valence-electron chi connectivity index (χ0n) is 7.60. The maximum Gasteiger partial charge on any atom is 0.321 e. The van der Waals surface area contributed by atoms with Gasteiger partial charge in [-0.2, -0.15) is 0 Å². The van der Waals surface area contributed by atoms with Crippen LogP contribution in [0.15, 0.2) is 0 Å². The van der Waals surface area contributed by atoms with Crippen molar-refractivity contribution >= 4 is 11.9 Å². The van der Waals surface area contributed by atoms with Gasteiger partial charge in [-0.3, -0.25) is 9.59 Å². The number of carbonyl (C=O) groups is 2. The number of hydrogen-bond acceptors (Lipinski definition) is 3. The molecular formula is C9H12O5. The Bertz CT molecular complexity index is 257. The Morgan fingerprint density at radius 2 is 1.50 bits per heavy atom. The van der Waals surface area contributed by atoms with Crippen LogP contribution in [0.25, 0.3) is 0 Å². The second kappa shape index (κ2) is 2.95. The fraction of sp³-hybridized carbons (Fsp3) is 0.778. The van der Waals surface area contributed by atoms with Crippen molar-refractivity contribution in [2.24, 2.45) is 5.41 Å². The van der Waals surface area contributed by atoms with Crippen LogP contribution in [-0.2, 0) is 14.3 Å². The monoisotopic (exact) mass is 200 g/mol. The Morgan fingerprint density at radius 1 is 1.07 bits per heavy atom. The first-order valence-corrected chi connectivity index (χ1v) is 4.67. The first-order chi connectivity index (χ1) is 6.54. The van der Waals surface area contributed by atoms with Crippen molar-refractivity contribution in [3.05, 3.63) is 0 Å². The summed E-state index contributed by atoms with van der Waals surface area (Å²) in [6, 6.07) is 0. The van der Waals surface area contributed by atoms with Gasteiger partial charge in [-0.15, -0.1) is 0 Å². The topological polar surface area (TPSA) is 83.8 Å². The van der Waals surface area contributed by atoms with Gasteiger partial charge in [0, 0.05) is 12.8 Å². The second-order valence-corrected chi connectivity index (χ2v) is 4.06. The number of fused-ring (bicyclic) bond motifs is 2. The van der Waals surface area contributed by atoms with Gasteiger partial charge in [0.1, 0.15) is 0 Å². The second-order valence-electron chi connectivity index (χ2n) is 4.06. The van der Waals surface area contributed by atoms with Gasteiger partial charge >= 0.3 is 11.9 Å². The van der Waals surface area contributed by atoms with Crippen LogP contribution >= 0.6 is 0 Å². The highest BCUT2D eigenvalue weighted by molar-refractivity contribution is 5.98. The van der Waals surface area contributed by atoms with Gasteiger partial charge in [0.15, 0.2) is 5.41 Å². The van der Waals surface area contributed by atoms with Crippen molar-refractivity contribution in [2.45, 2.75) is 37.9 Å². The predicted octanol–water partition coefficient (Wildman–Crippen LogP) is 0.483. The maximum atomic E-state index is 11.0. The van der Waals surface area contributed by atoms with E-state index in [1.165, 1.54) is 0 Å². The molecule has 0 aliphatic carbocycles. The predicted molar refractivity (Wildman–Crippen MR) is 44.8 cm³/mol. The van der Waals surface area contributed by atoms with Crippen molar-refractivity contribution in [3.63, 3.8) is 0 Å². The molecule has 0 spiro atoms. The Labute approximate surface area is 80.7 Å². The van der Waals surface area contributed by atoms with Crippen molar-refractivity contribution in [1.82, 2.24) is 0 Å². The third kappa shape index (κ3) is 1.19. The first kappa shape index (κ1) is 9.45. The summed E-state index contributed by atoms with van der Waals surface area (Å²) in [6.07, 6.45) is 1.42. The minimum absolute atomic E-state index is 0.105. The Balaban J connectivity index is 2.29. The van der Waals surface area contributed by atoms with E-state index in [-0.39, 0.29) is 25.0 Å². The number of carboxylic acids is 2. The minimum Gasteiger partial charge on any atom is -0.480 e. The quantitative estimate of drug-likeness (QED) is 0.633. The number of rotatable bonds is 2. The van der Waals surface area contributed by atoms with Crippen molar-refractivity contribution in [3.8, 4) is 0 Å². The molecule has 2 rings (SSSR count). The third-order valence-corrected chi connectivity index (χ3v) is 3.17.